The molecule has 8 nitrogen and oxygen atoms in total. The van der Waals surface area contributed by atoms with E-state index in [0.717, 1.165) is 14.0 Å². The number of carbonyl (C=O) groups excluding carboxylic acids is 1. The smallest absolute Gasteiger partial charge is 0.465 e. The molecule has 0 aliphatic rings. The summed E-state index contributed by atoms with van der Waals surface area (Å²) in [5.74, 6) is -2.80. The summed E-state index contributed by atoms with van der Waals surface area (Å²) >= 11 is 5.66. The third kappa shape index (κ3) is 3.64. The zero-order valence-electron chi connectivity index (χ0n) is 11.3. The fourth-order valence-electron chi connectivity index (χ4n) is 1.43. The van der Waals surface area contributed by atoms with Crippen LogP contribution in [0.25, 0.3) is 0 Å². The topological polar surface area (TPSA) is 113 Å². The van der Waals surface area contributed by atoms with Crippen molar-refractivity contribution in [2.24, 2.45) is 0 Å². The van der Waals surface area contributed by atoms with Crippen LogP contribution >= 0.6 is 11.6 Å². The van der Waals surface area contributed by atoms with Crippen LogP contribution in [-0.2, 0) is 14.9 Å². The maximum absolute atomic E-state index is 12.4. The van der Waals surface area contributed by atoms with E-state index < -0.39 is 49.1 Å². The molecule has 0 heterocycles. The van der Waals surface area contributed by atoms with Crippen molar-refractivity contribution < 1.29 is 40.2 Å². The first-order valence-corrected chi connectivity index (χ1v) is 7.18. The number of benzene rings is 1. The number of halogens is 4. The Balaban J connectivity index is 3.77. The molecule has 1 aromatic carbocycles. The second-order valence-corrected chi connectivity index (χ2v) is 5.89. The molecule has 1 rings (SSSR count). The van der Waals surface area contributed by atoms with E-state index in [1.54, 1.807) is 0 Å². The molecule has 0 radical (unpaired) electrons. The van der Waals surface area contributed by atoms with E-state index in [4.69, 9.17) is 11.6 Å². The molecule has 13 heteroatoms. The Labute approximate surface area is 132 Å². The second-order valence-electron chi connectivity index (χ2n) is 3.94. The van der Waals surface area contributed by atoms with Crippen molar-refractivity contribution in [3.05, 3.63) is 32.3 Å². The van der Waals surface area contributed by atoms with Gasteiger partial charge in [-0.25, -0.2) is 4.79 Å². The third-order valence-electron chi connectivity index (χ3n) is 2.51. The maximum atomic E-state index is 12.4. The lowest BCUT2D eigenvalue weighted by Crippen LogP contribution is -2.29. The molecule has 0 N–H and O–H groups in total. The highest BCUT2D eigenvalue weighted by Crippen LogP contribution is 2.41. The first kappa shape index (κ1) is 19.0. The van der Waals surface area contributed by atoms with E-state index in [9.17, 15) is 36.5 Å². The van der Waals surface area contributed by atoms with E-state index in [2.05, 4.69) is 8.92 Å². The van der Waals surface area contributed by atoms with Gasteiger partial charge in [0, 0.05) is 5.56 Å². The molecule has 23 heavy (non-hydrogen) atoms. The first-order chi connectivity index (χ1) is 10.3. The van der Waals surface area contributed by atoms with Gasteiger partial charge in [0.1, 0.15) is 5.56 Å². The minimum atomic E-state index is -6.26. The highest BCUT2D eigenvalue weighted by atomic mass is 35.5. The molecule has 0 aromatic heterocycles. The molecule has 0 aliphatic carbocycles. The number of nitro benzene ring substituents is 1. The van der Waals surface area contributed by atoms with Gasteiger partial charge in [0.05, 0.1) is 17.1 Å². The number of nitrogens with zero attached hydrogens (tertiary/aromatic N) is 1. The van der Waals surface area contributed by atoms with E-state index in [-0.39, 0.29) is 5.02 Å². The largest absolute Gasteiger partial charge is 0.534 e. The van der Waals surface area contributed by atoms with Crippen LogP contribution in [-0.4, -0.2) is 31.9 Å². The van der Waals surface area contributed by atoms with Crippen LogP contribution in [0.1, 0.15) is 15.9 Å². The molecular formula is C10H7ClF3NO7S. The number of nitro groups is 1. The molecule has 128 valence electrons. The van der Waals surface area contributed by atoms with Crippen molar-refractivity contribution >= 4 is 33.4 Å². The maximum Gasteiger partial charge on any atom is 0.534 e. The Bertz CT molecular complexity index is 776. The zero-order chi connectivity index (χ0) is 18.2. The minimum absolute atomic E-state index is 0.367. The van der Waals surface area contributed by atoms with Gasteiger partial charge in [-0.1, -0.05) is 11.6 Å². The summed E-state index contributed by atoms with van der Waals surface area (Å²) < 4.78 is 67.5. The Morgan fingerprint density at radius 2 is 1.91 bits per heavy atom. The summed E-state index contributed by atoms with van der Waals surface area (Å²) in [6.07, 6.45) is 0. The molecule has 0 spiro atoms. The number of rotatable bonds is 4. The van der Waals surface area contributed by atoms with E-state index in [0.29, 0.717) is 6.07 Å². The number of hydrogen-bond donors (Lipinski definition) is 0. The molecule has 0 aliphatic heterocycles. The molecule has 1 aromatic rings. The Kier molecular flexibility index (Phi) is 5.11. The highest BCUT2D eigenvalue weighted by molar-refractivity contribution is 7.88. The van der Waals surface area contributed by atoms with Crippen molar-refractivity contribution in [3.8, 4) is 5.75 Å². The zero-order valence-corrected chi connectivity index (χ0v) is 12.9. The summed E-state index contributed by atoms with van der Waals surface area (Å²) in [4.78, 5) is 21.4. The highest BCUT2D eigenvalue weighted by Gasteiger charge is 2.50. The van der Waals surface area contributed by atoms with Crippen molar-refractivity contribution in [1.29, 1.82) is 0 Å². The molecule has 0 atom stereocenters. The van der Waals surface area contributed by atoms with Gasteiger partial charge in [0.2, 0.25) is 5.75 Å². The number of alkyl halides is 3. The summed E-state index contributed by atoms with van der Waals surface area (Å²) in [5.41, 5.74) is -8.40. The van der Waals surface area contributed by atoms with Gasteiger partial charge in [-0.05, 0) is 13.0 Å². The number of methoxy groups -OCH3 is 1. The Morgan fingerprint density at radius 1 is 1.39 bits per heavy atom. The van der Waals surface area contributed by atoms with E-state index in [1.807, 2.05) is 0 Å². The summed E-state index contributed by atoms with van der Waals surface area (Å²) in [6.45, 7) is 1.04. The van der Waals surface area contributed by atoms with Crippen LogP contribution in [0, 0.1) is 17.0 Å². The van der Waals surface area contributed by atoms with Crippen LogP contribution in [0.4, 0.5) is 18.9 Å². The van der Waals surface area contributed by atoms with Gasteiger partial charge in [-0.15, -0.1) is 0 Å². The number of ether oxygens (including phenoxy) is 1. The van der Waals surface area contributed by atoms with Gasteiger partial charge >= 0.3 is 27.3 Å². The second kappa shape index (κ2) is 6.20. The Morgan fingerprint density at radius 3 is 2.30 bits per heavy atom. The predicted molar refractivity (Wildman–Crippen MR) is 69.8 cm³/mol. The van der Waals surface area contributed by atoms with Crippen LogP contribution < -0.4 is 4.18 Å². The van der Waals surface area contributed by atoms with Crippen LogP contribution in [0.3, 0.4) is 0 Å². The number of esters is 1. The quantitative estimate of drug-likeness (QED) is 0.260. The summed E-state index contributed by atoms with van der Waals surface area (Å²) in [7, 11) is -5.43. The van der Waals surface area contributed by atoms with Crippen LogP contribution in [0.5, 0.6) is 5.75 Å². The third-order valence-corrected chi connectivity index (χ3v) is 3.85. The molecule has 0 fully saturated rings. The van der Waals surface area contributed by atoms with Crippen molar-refractivity contribution in [2.75, 3.05) is 7.11 Å². The minimum Gasteiger partial charge on any atom is -0.465 e. The van der Waals surface area contributed by atoms with Crippen molar-refractivity contribution in [3.63, 3.8) is 0 Å². The van der Waals surface area contributed by atoms with Gasteiger partial charge in [0.25, 0.3) is 0 Å². The molecule has 0 amide bonds. The van der Waals surface area contributed by atoms with Gasteiger partial charge < -0.3 is 8.92 Å². The van der Waals surface area contributed by atoms with Gasteiger partial charge in [-0.3, -0.25) is 10.1 Å². The molecule has 0 saturated heterocycles. The Hall–Kier alpha value is -2.08. The fraction of sp³-hybridized carbons (Fsp3) is 0.300. The van der Waals surface area contributed by atoms with Gasteiger partial charge in [-0.2, -0.15) is 21.6 Å². The molecule has 0 bridgehead atoms. The van der Waals surface area contributed by atoms with Crippen molar-refractivity contribution in [1.82, 2.24) is 0 Å². The molecular weight excluding hydrogens is 371 g/mol. The molecule has 0 unspecified atom stereocenters. The standard InChI is InChI=1S/C10H7ClF3NO7S/c1-4-6(11)3-5(9(16)21-2)8(7(4)15(17)18)22-23(19,20)10(12,13)14/h3H,1-2H3. The number of carbonyl (C=O) groups is 1. The van der Waals surface area contributed by atoms with Gasteiger partial charge in [0.15, 0.2) is 0 Å². The first-order valence-electron chi connectivity index (χ1n) is 5.40. The van der Waals surface area contributed by atoms with Crippen LogP contribution in [0.2, 0.25) is 5.02 Å². The summed E-state index contributed by atoms with van der Waals surface area (Å²) in [6, 6.07) is 0.705. The lowest BCUT2D eigenvalue weighted by Gasteiger charge is -2.14. The van der Waals surface area contributed by atoms with E-state index >= 15 is 0 Å². The fourth-order valence-corrected chi connectivity index (χ4v) is 2.12. The SMILES string of the molecule is COC(=O)c1cc(Cl)c(C)c([N+](=O)[O-])c1OS(=O)(=O)C(F)(F)F. The average molecular weight is 378 g/mol. The monoisotopic (exact) mass is 377 g/mol. The van der Waals surface area contributed by atoms with Crippen LogP contribution in [0.15, 0.2) is 6.07 Å². The van der Waals surface area contributed by atoms with E-state index in [1.165, 1.54) is 0 Å². The van der Waals surface area contributed by atoms with Crippen molar-refractivity contribution in [2.45, 2.75) is 12.4 Å². The molecule has 0 saturated carbocycles. The average Bonchev–Trinajstić information content (AvgIpc) is 2.39. The summed E-state index contributed by atoms with van der Waals surface area (Å²) in [5, 5.41) is 10.7. The predicted octanol–water partition coefficient (Wildman–Crippen LogP) is 2.57. The normalized spacial score (nSPS) is 11.9. The number of hydrogen-bond acceptors (Lipinski definition) is 7. The lowest BCUT2D eigenvalue weighted by atomic mass is 10.1. The lowest BCUT2D eigenvalue weighted by molar-refractivity contribution is -0.386.